The molecule has 1 aliphatic heterocycles. The molecule has 3 rings (SSSR count). The van der Waals surface area contributed by atoms with Gasteiger partial charge in [0.15, 0.2) is 11.5 Å². The van der Waals surface area contributed by atoms with Gasteiger partial charge < -0.3 is 9.47 Å². The Hall–Kier alpha value is -2.80. The van der Waals surface area contributed by atoms with Gasteiger partial charge >= 0.3 is 0 Å². The van der Waals surface area contributed by atoms with Gasteiger partial charge in [0.05, 0.1) is 19.4 Å². The van der Waals surface area contributed by atoms with E-state index in [2.05, 4.69) is 35.2 Å². The predicted molar refractivity (Wildman–Crippen MR) is 111 cm³/mol. The van der Waals surface area contributed by atoms with Crippen molar-refractivity contribution in [3.05, 3.63) is 58.1 Å². The number of halogens is 1. The minimum atomic E-state index is -0.452. The van der Waals surface area contributed by atoms with Crippen LogP contribution < -0.4 is 19.9 Å². The van der Waals surface area contributed by atoms with Crippen molar-refractivity contribution in [2.24, 2.45) is 5.92 Å². The fourth-order valence-corrected chi connectivity index (χ4v) is 2.91. The van der Waals surface area contributed by atoms with Crippen molar-refractivity contribution in [3.8, 4) is 11.5 Å². The van der Waals surface area contributed by atoms with E-state index in [-0.39, 0.29) is 5.57 Å². The third-order valence-corrected chi connectivity index (χ3v) is 4.58. The van der Waals surface area contributed by atoms with Crippen LogP contribution in [0, 0.1) is 5.92 Å². The van der Waals surface area contributed by atoms with E-state index in [4.69, 9.17) is 9.47 Å². The summed E-state index contributed by atoms with van der Waals surface area (Å²) in [5.74, 6) is 0.692. The van der Waals surface area contributed by atoms with Crippen molar-refractivity contribution < 1.29 is 19.1 Å². The van der Waals surface area contributed by atoms with Crippen LogP contribution in [0.4, 0.5) is 5.69 Å². The average molecular weight is 445 g/mol. The molecule has 0 spiro atoms. The Morgan fingerprint density at radius 1 is 1.11 bits per heavy atom. The van der Waals surface area contributed by atoms with E-state index in [1.54, 1.807) is 55.7 Å². The zero-order valence-electron chi connectivity index (χ0n) is 15.9. The maximum Gasteiger partial charge on any atom is 0.282 e. The molecule has 0 saturated carbocycles. The highest BCUT2D eigenvalue weighted by molar-refractivity contribution is 9.10. The molecule has 2 aromatic rings. The number of hydrogen-bond acceptors (Lipinski definition) is 4. The van der Waals surface area contributed by atoms with Gasteiger partial charge in [-0.3, -0.25) is 15.0 Å². The molecule has 0 atom stereocenters. The highest BCUT2D eigenvalue weighted by Gasteiger charge is 2.34. The molecule has 0 aliphatic carbocycles. The number of carbonyl (C=O) groups is 2. The van der Waals surface area contributed by atoms with Gasteiger partial charge in [-0.1, -0.05) is 35.8 Å². The van der Waals surface area contributed by atoms with Crippen LogP contribution in [0.15, 0.2) is 52.5 Å². The second-order valence-corrected chi connectivity index (χ2v) is 7.65. The van der Waals surface area contributed by atoms with Crippen LogP contribution >= 0.6 is 15.9 Å². The number of ether oxygens (including phenoxy) is 2. The summed E-state index contributed by atoms with van der Waals surface area (Å²) < 4.78 is 12.0. The van der Waals surface area contributed by atoms with Crippen molar-refractivity contribution in [3.63, 3.8) is 0 Å². The Morgan fingerprint density at radius 2 is 1.82 bits per heavy atom. The standard InChI is InChI=1S/C21H21BrN2O4/c1-13(2)12-28-18-9-4-14(11-19(18)27-3)10-17-20(25)23-24(21(17)26)16-7-5-15(22)6-8-16/h4-11,13H,12H2,1-3H3,(H,23,25). The number of carbonyl (C=O) groups excluding carboxylic acids is 2. The van der Waals surface area contributed by atoms with Crippen molar-refractivity contribution in [1.82, 2.24) is 5.43 Å². The Kier molecular flexibility index (Phi) is 6.04. The molecule has 7 heteroatoms. The van der Waals surface area contributed by atoms with Crippen molar-refractivity contribution in [2.45, 2.75) is 13.8 Å². The van der Waals surface area contributed by atoms with E-state index in [1.807, 2.05) is 0 Å². The Labute approximate surface area is 172 Å². The van der Waals surface area contributed by atoms with Crippen LogP contribution in [-0.2, 0) is 9.59 Å². The molecular formula is C21H21BrN2O4. The second kappa shape index (κ2) is 8.48. The fraction of sp³-hybridized carbons (Fsp3) is 0.238. The van der Waals surface area contributed by atoms with Crippen LogP contribution in [-0.4, -0.2) is 25.5 Å². The van der Waals surface area contributed by atoms with E-state index in [0.29, 0.717) is 35.3 Å². The molecule has 0 bridgehead atoms. The first-order valence-electron chi connectivity index (χ1n) is 8.82. The molecule has 1 heterocycles. The summed E-state index contributed by atoms with van der Waals surface area (Å²) in [7, 11) is 1.55. The smallest absolute Gasteiger partial charge is 0.282 e. The molecule has 0 radical (unpaired) electrons. The zero-order valence-corrected chi connectivity index (χ0v) is 17.4. The summed E-state index contributed by atoms with van der Waals surface area (Å²) in [5, 5.41) is 1.23. The number of amides is 2. The topological polar surface area (TPSA) is 67.9 Å². The lowest BCUT2D eigenvalue weighted by atomic mass is 10.1. The lowest BCUT2D eigenvalue weighted by Gasteiger charge is -2.14. The quantitative estimate of drug-likeness (QED) is 0.540. The van der Waals surface area contributed by atoms with E-state index in [0.717, 1.165) is 4.47 Å². The van der Waals surface area contributed by atoms with Crippen molar-refractivity contribution in [1.29, 1.82) is 0 Å². The summed E-state index contributed by atoms with van der Waals surface area (Å²) >= 11 is 3.35. The van der Waals surface area contributed by atoms with Gasteiger partial charge in [0.1, 0.15) is 5.57 Å². The second-order valence-electron chi connectivity index (χ2n) is 6.73. The summed E-state index contributed by atoms with van der Waals surface area (Å²) in [6.07, 6.45) is 1.55. The molecule has 28 heavy (non-hydrogen) atoms. The van der Waals surface area contributed by atoms with Crippen LogP contribution in [0.3, 0.4) is 0 Å². The number of hydrogen-bond donors (Lipinski definition) is 1. The molecule has 1 N–H and O–H groups in total. The van der Waals surface area contributed by atoms with Gasteiger partial charge in [-0.25, -0.2) is 5.01 Å². The van der Waals surface area contributed by atoms with E-state index in [1.165, 1.54) is 5.01 Å². The minimum absolute atomic E-state index is 0.0563. The largest absolute Gasteiger partial charge is 0.493 e. The van der Waals surface area contributed by atoms with E-state index in [9.17, 15) is 9.59 Å². The molecule has 2 amide bonds. The van der Waals surface area contributed by atoms with Crippen LogP contribution in [0.5, 0.6) is 11.5 Å². The summed E-state index contributed by atoms with van der Waals surface area (Å²) in [4.78, 5) is 25.0. The number of anilines is 1. The number of nitrogens with zero attached hydrogens (tertiary/aromatic N) is 1. The summed E-state index contributed by atoms with van der Waals surface area (Å²) in [6, 6.07) is 12.4. The maximum atomic E-state index is 12.7. The Balaban J connectivity index is 1.85. The molecule has 1 saturated heterocycles. The normalized spacial score (nSPS) is 15.3. The SMILES string of the molecule is COc1cc(C=C2C(=O)NN(c3ccc(Br)cc3)C2=O)ccc1OCC(C)C. The van der Waals surface area contributed by atoms with Gasteiger partial charge in [0.25, 0.3) is 11.8 Å². The minimum Gasteiger partial charge on any atom is -0.493 e. The predicted octanol–water partition coefficient (Wildman–Crippen LogP) is 3.95. The summed E-state index contributed by atoms with van der Waals surface area (Å²) in [6.45, 7) is 4.69. The molecule has 6 nitrogen and oxygen atoms in total. The van der Waals surface area contributed by atoms with Crippen molar-refractivity contribution >= 4 is 39.5 Å². The van der Waals surface area contributed by atoms with Gasteiger partial charge in [-0.2, -0.15) is 0 Å². The van der Waals surface area contributed by atoms with E-state index >= 15 is 0 Å². The van der Waals surface area contributed by atoms with E-state index < -0.39 is 11.8 Å². The maximum absolute atomic E-state index is 12.7. The first-order chi connectivity index (χ1) is 13.4. The first kappa shape index (κ1) is 19.9. The van der Waals surface area contributed by atoms with Crippen molar-refractivity contribution in [2.75, 3.05) is 18.7 Å². The highest BCUT2D eigenvalue weighted by Crippen LogP contribution is 2.30. The third-order valence-electron chi connectivity index (χ3n) is 4.05. The lowest BCUT2D eigenvalue weighted by molar-refractivity contribution is -0.117. The molecule has 2 aromatic carbocycles. The zero-order chi connectivity index (χ0) is 20.3. The average Bonchev–Trinajstić information content (AvgIpc) is 2.95. The molecule has 1 aliphatic rings. The van der Waals surface area contributed by atoms with Gasteiger partial charge in [-0.05, 0) is 54.0 Å². The van der Waals surface area contributed by atoms with Gasteiger partial charge in [0.2, 0.25) is 0 Å². The van der Waals surface area contributed by atoms with Crippen LogP contribution in [0.2, 0.25) is 0 Å². The number of benzene rings is 2. The van der Waals surface area contributed by atoms with Crippen LogP contribution in [0.25, 0.3) is 6.08 Å². The monoisotopic (exact) mass is 444 g/mol. The number of nitrogens with one attached hydrogen (secondary N) is 1. The number of hydrazine groups is 1. The summed E-state index contributed by atoms with van der Waals surface area (Å²) in [5.41, 5.74) is 3.90. The van der Waals surface area contributed by atoms with Gasteiger partial charge in [0, 0.05) is 4.47 Å². The highest BCUT2D eigenvalue weighted by atomic mass is 79.9. The first-order valence-corrected chi connectivity index (χ1v) is 9.62. The fourth-order valence-electron chi connectivity index (χ4n) is 2.65. The van der Waals surface area contributed by atoms with Crippen LogP contribution in [0.1, 0.15) is 19.4 Å². The molecular weight excluding hydrogens is 424 g/mol. The third kappa shape index (κ3) is 4.36. The van der Waals surface area contributed by atoms with Gasteiger partial charge in [-0.15, -0.1) is 0 Å². The molecule has 1 fully saturated rings. The lowest BCUT2D eigenvalue weighted by Crippen LogP contribution is -2.35. The number of methoxy groups -OCH3 is 1. The number of rotatable bonds is 6. The Morgan fingerprint density at radius 3 is 2.46 bits per heavy atom. The molecule has 0 unspecified atom stereocenters. The molecule has 146 valence electrons. The molecule has 0 aromatic heterocycles. The Bertz CT molecular complexity index is 923.